The van der Waals surface area contributed by atoms with Gasteiger partial charge in [-0.3, -0.25) is 21.4 Å². The maximum atomic E-state index is 12.7. The van der Waals surface area contributed by atoms with Crippen molar-refractivity contribution in [3.63, 3.8) is 0 Å². The number of hydrogen-bond donors (Lipinski definition) is 2. The first kappa shape index (κ1) is 10.5. The highest BCUT2D eigenvalue weighted by Gasteiger charge is 2.17. The molecule has 14 heavy (non-hydrogen) atoms. The van der Waals surface area contributed by atoms with E-state index >= 15 is 0 Å². The zero-order chi connectivity index (χ0) is 10.7. The average Bonchev–Trinajstić information content (AvgIpc) is 2.11. The van der Waals surface area contributed by atoms with Crippen LogP contribution in [0.5, 0.6) is 0 Å². The Hall–Kier alpha value is -1.60. The lowest BCUT2D eigenvalue weighted by Crippen LogP contribution is -2.21. The van der Waals surface area contributed by atoms with Crippen molar-refractivity contribution >= 4 is 5.69 Å². The van der Waals surface area contributed by atoms with E-state index in [9.17, 15) is 18.9 Å². The Morgan fingerprint density at radius 2 is 2.00 bits per heavy atom. The highest BCUT2D eigenvalue weighted by Crippen LogP contribution is 2.21. The average molecular weight is 203 g/mol. The van der Waals surface area contributed by atoms with Gasteiger partial charge in [0, 0.05) is 12.1 Å². The minimum absolute atomic E-state index is 0.00333. The van der Waals surface area contributed by atoms with Crippen molar-refractivity contribution in [2.45, 2.75) is 6.54 Å². The summed E-state index contributed by atoms with van der Waals surface area (Å²) < 4.78 is 25.3. The Morgan fingerprint density at radius 3 is 2.50 bits per heavy atom. The fraction of sp³-hybridized carbons (Fsp3) is 0.143. The van der Waals surface area contributed by atoms with Gasteiger partial charge in [-0.05, 0) is 6.07 Å². The molecule has 0 aliphatic heterocycles. The molecule has 0 saturated carbocycles. The first-order chi connectivity index (χ1) is 6.56. The number of benzene rings is 1. The van der Waals surface area contributed by atoms with E-state index in [1.54, 1.807) is 0 Å². The van der Waals surface area contributed by atoms with E-state index in [1.165, 1.54) is 0 Å². The van der Waals surface area contributed by atoms with Crippen molar-refractivity contribution in [2.24, 2.45) is 5.84 Å². The number of halogens is 2. The van der Waals surface area contributed by atoms with Gasteiger partial charge in [0.15, 0.2) is 11.6 Å². The standard InChI is InChI=1S/C7H7F2N3O2/c8-5-1-4(3-11-10)7(12(13)14)2-6(5)9/h1-2,11H,3,10H2. The predicted molar refractivity (Wildman–Crippen MR) is 44.0 cm³/mol. The molecule has 3 N–H and O–H groups in total. The number of nitro benzene ring substituents is 1. The van der Waals surface area contributed by atoms with Gasteiger partial charge in [-0.2, -0.15) is 0 Å². The number of nitrogens with one attached hydrogen (secondary N) is 1. The van der Waals surface area contributed by atoms with Crippen LogP contribution in [0.2, 0.25) is 0 Å². The predicted octanol–water partition coefficient (Wildman–Crippen LogP) is 0.836. The summed E-state index contributed by atoms with van der Waals surface area (Å²) >= 11 is 0. The largest absolute Gasteiger partial charge is 0.277 e. The lowest BCUT2D eigenvalue weighted by atomic mass is 10.1. The molecule has 0 fully saturated rings. The zero-order valence-corrected chi connectivity index (χ0v) is 6.96. The number of nitro groups is 1. The van der Waals surface area contributed by atoms with Gasteiger partial charge in [-0.1, -0.05) is 0 Å². The molecule has 0 unspecified atom stereocenters. The first-order valence-corrected chi connectivity index (χ1v) is 3.62. The summed E-state index contributed by atoms with van der Waals surface area (Å²) in [6.07, 6.45) is 0. The van der Waals surface area contributed by atoms with Gasteiger partial charge in [0.25, 0.3) is 5.69 Å². The quantitative estimate of drug-likeness (QED) is 0.433. The Balaban J connectivity index is 3.24. The van der Waals surface area contributed by atoms with Crippen LogP contribution in [0.25, 0.3) is 0 Å². The molecule has 76 valence electrons. The number of nitrogens with two attached hydrogens (primary N) is 1. The van der Waals surface area contributed by atoms with Crippen LogP contribution in [-0.2, 0) is 6.54 Å². The Morgan fingerprint density at radius 1 is 1.43 bits per heavy atom. The first-order valence-electron chi connectivity index (χ1n) is 3.62. The molecule has 7 heteroatoms. The highest BCUT2D eigenvalue weighted by atomic mass is 19.2. The van der Waals surface area contributed by atoms with Crippen molar-refractivity contribution in [1.82, 2.24) is 5.43 Å². The van der Waals surface area contributed by atoms with Crippen LogP contribution in [0.3, 0.4) is 0 Å². The monoisotopic (exact) mass is 203 g/mol. The van der Waals surface area contributed by atoms with Gasteiger partial charge >= 0.3 is 0 Å². The van der Waals surface area contributed by atoms with E-state index in [0.717, 1.165) is 6.07 Å². The van der Waals surface area contributed by atoms with Crippen LogP contribution in [0.4, 0.5) is 14.5 Å². The van der Waals surface area contributed by atoms with Crippen LogP contribution in [0, 0.1) is 21.7 Å². The molecule has 0 amide bonds. The summed E-state index contributed by atoms with van der Waals surface area (Å²) in [5.41, 5.74) is 1.63. The van der Waals surface area contributed by atoms with Crippen LogP contribution < -0.4 is 11.3 Å². The summed E-state index contributed by atoms with van der Waals surface area (Å²) in [6.45, 7) is -0.104. The molecule has 0 saturated heterocycles. The highest BCUT2D eigenvalue weighted by molar-refractivity contribution is 5.40. The van der Waals surface area contributed by atoms with Crippen molar-refractivity contribution in [3.8, 4) is 0 Å². The Labute approximate surface area is 77.6 Å². The number of nitrogens with zero attached hydrogens (tertiary/aromatic N) is 1. The summed E-state index contributed by atoms with van der Waals surface area (Å²) in [6, 6.07) is 1.27. The van der Waals surface area contributed by atoms with E-state index in [2.05, 4.69) is 5.43 Å². The van der Waals surface area contributed by atoms with Gasteiger partial charge in [0.05, 0.1) is 11.0 Å². The van der Waals surface area contributed by atoms with E-state index in [-0.39, 0.29) is 12.1 Å². The molecule has 0 radical (unpaired) electrons. The minimum Gasteiger partial charge on any atom is -0.271 e. The van der Waals surface area contributed by atoms with Gasteiger partial charge in [-0.25, -0.2) is 8.78 Å². The summed E-state index contributed by atoms with van der Waals surface area (Å²) in [5.74, 6) is 2.54. The molecule has 0 heterocycles. The third-order valence-corrected chi connectivity index (χ3v) is 1.61. The Bertz CT molecular complexity index is 370. The van der Waals surface area contributed by atoms with E-state index in [1.807, 2.05) is 0 Å². The van der Waals surface area contributed by atoms with Crippen molar-refractivity contribution < 1.29 is 13.7 Å². The SMILES string of the molecule is NNCc1cc(F)c(F)cc1[N+](=O)[O-]. The fourth-order valence-electron chi connectivity index (χ4n) is 0.999. The molecule has 0 aliphatic carbocycles. The van der Waals surface area contributed by atoms with Crippen molar-refractivity contribution in [3.05, 3.63) is 39.4 Å². The van der Waals surface area contributed by atoms with Crippen LogP contribution in [-0.4, -0.2) is 4.92 Å². The van der Waals surface area contributed by atoms with E-state index < -0.39 is 22.2 Å². The second-order valence-corrected chi connectivity index (χ2v) is 2.53. The molecular formula is C7H7F2N3O2. The molecule has 1 rings (SSSR count). The fourth-order valence-corrected chi connectivity index (χ4v) is 0.999. The van der Waals surface area contributed by atoms with E-state index in [4.69, 9.17) is 5.84 Å². The third-order valence-electron chi connectivity index (χ3n) is 1.61. The topological polar surface area (TPSA) is 81.2 Å². The molecule has 1 aromatic rings. The maximum absolute atomic E-state index is 12.7. The Kier molecular flexibility index (Phi) is 3.05. The van der Waals surface area contributed by atoms with Crippen molar-refractivity contribution in [2.75, 3.05) is 0 Å². The number of hydrogen-bond acceptors (Lipinski definition) is 4. The molecule has 0 bridgehead atoms. The lowest BCUT2D eigenvalue weighted by molar-refractivity contribution is -0.385. The van der Waals surface area contributed by atoms with Crippen LogP contribution >= 0.6 is 0 Å². The summed E-state index contributed by atoms with van der Waals surface area (Å²) in [7, 11) is 0. The van der Waals surface area contributed by atoms with Gasteiger partial charge in [-0.15, -0.1) is 0 Å². The smallest absolute Gasteiger partial charge is 0.271 e. The van der Waals surface area contributed by atoms with E-state index in [0.29, 0.717) is 6.07 Å². The molecule has 5 nitrogen and oxygen atoms in total. The number of rotatable bonds is 3. The summed E-state index contributed by atoms with van der Waals surface area (Å²) in [4.78, 5) is 9.61. The van der Waals surface area contributed by atoms with Gasteiger partial charge < -0.3 is 0 Å². The molecular weight excluding hydrogens is 196 g/mol. The minimum atomic E-state index is -1.25. The zero-order valence-electron chi connectivity index (χ0n) is 6.96. The second kappa shape index (κ2) is 4.07. The molecule has 0 aliphatic rings. The van der Waals surface area contributed by atoms with Crippen LogP contribution in [0.15, 0.2) is 12.1 Å². The van der Waals surface area contributed by atoms with Gasteiger partial charge in [0.1, 0.15) is 0 Å². The number of hydrazine groups is 1. The molecule has 1 aromatic carbocycles. The van der Waals surface area contributed by atoms with Crippen LogP contribution in [0.1, 0.15) is 5.56 Å². The molecule has 0 atom stereocenters. The second-order valence-electron chi connectivity index (χ2n) is 2.53. The lowest BCUT2D eigenvalue weighted by Gasteiger charge is -2.02. The molecule has 0 spiro atoms. The molecule has 0 aromatic heterocycles. The maximum Gasteiger partial charge on any atom is 0.277 e. The normalized spacial score (nSPS) is 10.2. The summed E-state index contributed by atoms with van der Waals surface area (Å²) in [5, 5.41) is 10.4. The van der Waals surface area contributed by atoms with Gasteiger partial charge in [0.2, 0.25) is 0 Å². The third kappa shape index (κ3) is 2.01. The van der Waals surface area contributed by atoms with Crippen molar-refractivity contribution in [1.29, 1.82) is 0 Å².